The molecule has 3 rings (SSSR count). The van der Waals surface area contributed by atoms with Gasteiger partial charge in [0.05, 0.1) is 26.6 Å². The van der Waals surface area contributed by atoms with Crippen molar-refractivity contribution in [2.75, 3.05) is 38.8 Å². The fraction of sp³-hybridized carbons (Fsp3) is 0.421. The molecule has 2 heterocycles. The highest BCUT2D eigenvalue weighted by atomic mass is 16.5. The smallest absolute Gasteiger partial charge is 0.271 e. The third kappa shape index (κ3) is 4.22. The minimum Gasteiger partial charge on any atom is -0.493 e. The highest BCUT2D eigenvalue weighted by Gasteiger charge is 2.15. The fourth-order valence-corrected chi connectivity index (χ4v) is 3.00. The Kier molecular flexibility index (Phi) is 5.88. The van der Waals surface area contributed by atoms with E-state index in [1.807, 2.05) is 18.2 Å². The van der Waals surface area contributed by atoms with Gasteiger partial charge in [0.25, 0.3) is 5.91 Å². The summed E-state index contributed by atoms with van der Waals surface area (Å²) in [6, 6.07) is 5.73. The molecule has 2 aromatic rings. The molecule has 0 saturated carbocycles. The molecule has 7 nitrogen and oxygen atoms in total. The van der Waals surface area contributed by atoms with Crippen LogP contribution in [0.15, 0.2) is 30.6 Å². The molecular weight excluding hydrogens is 332 g/mol. The predicted molar refractivity (Wildman–Crippen MR) is 99.1 cm³/mol. The molecule has 0 bridgehead atoms. The Morgan fingerprint density at radius 3 is 2.54 bits per heavy atom. The summed E-state index contributed by atoms with van der Waals surface area (Å²) in [5.74, 6) is 1.99. The largest absolute Gasteiger partial charge is 0.493 e. The van der Waals surface area contributed by atoms with E-state index in [1.165, 1.54) is 12.8 Å². The van der Waals surface area contributed by atoms with Gasteiger partial charge in [-0.1, -0.05) is 6.07 Å². The van der Waals surface area contributed by atoms with Crippen LogP contribution in [0.25, 0.3) is 0 Å². The molecule has 7 heteroatoms. The standard InChI is InChI=1S/C19H24N4O3/c1-25-16-6-5-14(11-17(16)26-2)7-8-20-19(24)15-12-22-18(13-21-15)23-9-3-4-10-23/h5-6,11-13H,3-4,7-10H2,1-2H3,(H,20,24). The Morgan fingerprint density at radius 2 is 1.88 bits per heavy atom. The maximum Gasteiger partial charge on any atom is 0.271 e. The molecule has 1 aromatic carbocycles. The van der Waals surface area contributed by atoms with Gasteiger partial charge in [0, 0.05) is 19.6 Å². The van der Waals surface area contributed by atoms with Gasteiger partial charge in [0.2, 0.25) is 0 Å². The van der Waals surface area contributed by atoms with Crippen LogP contribution < -0.4 is 19.7 Å². The van der Waals surface area contributed by atoms with Crippen molar-refractivity contribution in [2.45, 2.75) is 19.3 Å². The number of ether oxygens (including phenoxy) is 2. The first kappa shape index (κ1) is 18.0. The molecule has 0 aliphatic carbocycles. The summed E-state index contributed by atoms with van der Waals surface area (Å²) in [7, 11) is 3.21. The van der Waals surface area contributed by atoms with E-state index in [-0.39, 0.29) is 5.91 Å². The second-order valence-corrected chi connectivity index (χ2v) is 6.15. The van der Waals surface area contributed by atoms with Crippen molar-refractivity contribution < 1.29 is 14.3 Å². The lowest BCUT2D eigenvalue weighted by Gasteiger charge is -2.15. The zero-order valence-electron chi connectivity index (χ0n) is 15.2. The molecule has 0 atom stereocenters. The number of methoxy groups -OCH3 is 2. The highest BCUT2D eigenvalue weighted by Crippen LogP contribution is 2.27. The van der Waals surface area contributed by atoms with E-state index >= 15 is 0 Å². The normalized spacial score (nSPS) is 13.5. The Balaban J connectivity index is 1.52. The van der Waals surface area contributed by atoms with Crippen LogP contribution >= 0.6 is 0 Å². The lowest BCUT2D eigenvalue weighted by molar-refractivity contribution is 0.0949. The van der Waals surface area contributed by atoms with E-state index < -0.39 is 0 Å². The predicted octanol–water partition coefficient (Wildman–Crippen LogP) is 2.07. The lowest BCUT2D eigenvalue weighted by atomic mass is 10.1. The molecule has 0 unspecified atom stereocenters. The topological polar surface area (TPSA) is 76.6 Å². The number of benzene rings is 1. The van der Waals surface area contributed by atoms with Crippen LogP contribution in [-0.4, -0.2) is 49.7 Å². The molecule has 1 aliphatic rings. The Bertz CT molecular complexity index is 743. The van der Waals surface area contributed by atoms with Crippen molar-refractivity contribution in [2.24, 2.45) is 0 Å². The number of rotatable bonds is 7. The molecular formula is C19H24N4O3. The Labute approximate surface area is 153 Å². The SMILES string of the molecule is COc1ccc(CCNC(=O)c2cnc(N3CCCC3)cn2)cc1OC. The van der Waals surface area contributed by atoms with Crippen molar-refractivity contribution >= 4 is 11.7 Å². The summed E-state index contributed by atoms with van der Waals surface area (Å²) in [4.78, 5) is 23.0. The zero-order chi connectivity index (χ0) is 18.4. The molecule has 1 aliphatic heterocycles. The molecule has 0 radical (unpaired) electrons. The lowest BCUT2D eigenvalue weighted by Crippen LogP contribution is -2.27. The Morgan fingerprint density at radius 1 is 1.12 bits per heavy atom. The number of carbonyl (C=O) groups excluding carboxylic acids is 1. The maximum atomic E-state index is 12.2. The third-order valence-electron chi connectivity index (χ3n) is 4.45. The first-order valence-electron chi connectivity index (χ1n) is 8.77. The van der Waals surface area contributed by atoms with Crippen molar-refractivity contribution in [1.29, 1.82) is 0 Å². The van der Waals surface area contributed by atoms with Gasteiger partial charge >= 0.3 is 0 Å². The van der Waals surface area contributed by atoms with Crippen LogP contribution in [0.3, 0.4) is 0 Å². The number of nitrogens with zero attached hydrogens (tertiary/aromatic N) is 3. The summed E-state index contributed by atoms with van der Waals surface area (Å²) < 4.78 is 10.5. The van der Waals surface area contributed by atoms with Gasteiger partial charge in [0.15, 0.2) is 11.5 Å². The molecule has 0 spiro atoms. The number of carbonyl (C=O) groups is 1. The molecule has 1 amide bonds. The first-order valence-corrected chi connectivity index (χ1v) is 8.77. The van der Waals surface area contributed by atoms with Gasteiger partial charge in [-0.25, -0.2) is 9.97 Å². The van der Waals surface area contributed by atoms with Gasteiger partial charge in [0.1, 0.15) is 11.5 Å². The molecule has 1 saturated heterocycles. The summed E-state index contributed by atoms with van der Waals surface area (Å²) in [5, 5.41) is 2.88. The summed E-state index contributed by atoms with van der Waals surface area (Å²) in [5.41, 5.74) is 1.39. The highest BCUT2D eigenvalue weighted by molar-refractivity contribution is 5.92. The fourth-order valence-electron chi connectivity index (χ4n) is 3.00. The molecule has 138 valence electrons. The van der Waals surface area contributed by atoms with Crippen LogP contribution in [0.4, 0.5) is 5.82 Å². The van der Waals surface area contributed by atoms with Gasteiger partial charge in [-0.3, -0.25) is 4.79 Å². The average molecular weight is 356 g/mol. The second kappa shape index (κ2) is 8.51. The zero-order valence-corrected chi connectivity index (χ0v) is 15.2. The van der Waals surface area contributed by atoms with Crippen LogP contribution in [-0.2, 0) is 6.42 Å². The number of hydrogen-bond donors (Lipinski definition) is 1. The van der Waals surface area contributed by atoms with E-state index in [0.717, 1.165) is 24.5 Å². The van der Waals surface area contributed by atoms with Crippen LogP contribution in [0.5, 0.6) is 11.5 Å². The monoisotopic (exact) mass is 356 g/mol. The van der Waals surface area contributed by atoms with Gasteiger partial charge in [-0.05, 0) is 37.0 Å². The number of nitrogens with one attached hydrogen (secondary N) is 1. The maximum absolute atomic E-state index is 12.2. The summed E-state index contributed by atoms with van der Waals surface area (Å²) >= 11 is 0. The first-order chi connectivity index (χ1) is 12.7. The van der Waals surface area contributed by atoms with E-state index in [1.54, 1.807) is 26.6 Å². The van der Waals surface area contributed by atoms with Crippen molar-refractivity contribution in [3.63, 3.8) is 0 Å². The van der Waals surface area contributed by atoms with E-state index in [9.17, 15) is 4.79 Å². The second-order valence-electron chi connectivity index (χ2n) is 6.15. The summed E-state index contributed by atoms with van der Waals surface area (Å²) in [6.07, 6.45) is 6.26. The minimum absolute atomic E-state index is 0.217. The van der Waals surface area contributed by atoms with Gasteiger partial charge < -0.3 is 19.7 Å². The van der Waals surface area contributed by atoms with Gasteiger partial charge in [-0.15, -0.1) is 0 Å². The van der Waals surface area contributed by atoms with E-state index in [2.05, 4.69) is 20.2 Å². The van der Waals surface area contributed by atoms with Crippen molar-refractivity contribution in [3.05, 3.63) is 41.9 Å². The Hall–Kier alpha value is -2.83. The van der Waals surface area contributed by atoms with Crippen molar-refractivity contribution in [1.82, 2.24) is 15.3 Å². The molecule has 1 fully saturated rings. The minimum atomic E-state index is -0.217. The van der Waals surface area contributed by atoms with Crippen LogP contribution in [0.1, 0.15) is 28.9 Å². The molecule has 1 N–H and O–H groups in total. The number of aromatic nitrogens is 2. The van der Waals surface area contributed by atoms with Crippen molar-refractivity contribution in [3.8, 4) is 11.5 Å². The van der Waals surface area contributed by atoms with Crippen LogP contribution in [0, 0.1) is 0 Å². The van der Waals surface area contributed by atoms with Gasteiger partial charge in [-0.2, -0.15) is 0 Å². The summed E-state index contributed by atoms with van der Waals surface area (Å²) in [6.45, 7) is 2.51. The molecule has 26 heavy (non-hydrogen) atoms. The number of hydrogen-bond acceptors (Lipinski definition) is 6. The molecule has 1 aromatic heterocycles. The third-order valence-corrected chi connectivity index (χ3v) is 4.45. The number of anilines is 1. The number of amides is 1. The average Bonchev–Trinajstić information content (AvgIpc) is 3.22. The van der Waals surface area contributed by atoms with E-state index in [0.29, 0.717) is 30.2 Å². The quantitative estimate of drug-likeness (QED) is 0.818. The van der Waals surface area contributed by atoms with Crippen LogP contribution in [0.2, 0.25) is 0 Å². The van der Waals surface area contributed by atoms with E-state index in [4.69, 9.17) is 9.47 Å².